The van der Waals surface area contributed by atoms with E-state index < -0.39 is 28.2 Å². The van der Waals surface area contributed by atoms with Crippen molar-refractivity contribution in [3.8, 4) is 0 Å². The molecule has 6 nitrogen and oxygen atoms in total. The summed E-state index contributed by atoms with van der Waals surface area (Å²) in [6.07, 6.45) is 0. The number of nitrogens with two attached hydrogens (primary N) is 1. The van der Waals surface area contributed by atoms with E-state index in [4.69, 9.17) is 10.9 Å². The number of nitrogens with zero attached hydrogens (tertiary/aromatic N) is 2. The van der Waals surface area contributed by atoms with E-state index in [2.05, 4.69) is 5.16 Å². The van der Waals surface area contributed by atoms with Gasteiger partial charge in [-0.25, -0.2) is 8.42 Å². The Hall–Kier alpha value is -0.960. The molecule has 0 atom stereocenters. The number of likely N-dealkylation sites (N-methyl/N-ethyl adjacent to an activating group) is 1. The molecule has 14 heavy (non-hydrogen) atoms. The van der Waals surface area contributed by atoms with Crippen LogP contribution in [0.4, 0.5) is 8.78 Å². The van der Waals surface area contributed by atoms with E-state index in [1.54, 1.807) is 0 Å². The number of oxime groups is 1. The van der Waals surface area contributed by atoms with Gasteiger partial charge in [0.2, 0.25) is 0 Å². The lowest BCUT2D eigenvalue weighted by molar-refractivity contribution is 0.221. The quantitative estimate of drug-likeness (QED) is 0.291. The Balaban J connectivity index is 4.75. The molecule has 0 rings (SSSR count). The highest BCUT2D eigenvalue weighted by Gasteiger charge is 2.31. The SMILES string of the molecule is CCN(CC(N)=NO)S(=O)(=O)C(F)F. The first-order valence-electron chi connectivity index (χ1n) is 3.59. The normalized spacial score (nSPS) is 13.9. The second kappa shape index (κ2) is 5.05. The van der Waals surface area contributed by atoms with Crippen LogP contribution in [-0.2, 0) is 10.0 Å². The number of halogens is 2. The Labute approximate surface area is 80.0 Å². The number of amidine groups is 1. The molecule has 9 heteroatoms. The van der Waals surface area contributed by atoms with Crippen LogP contribution in [0.15, 0.2) is 5.16 Å². The number of hydrogen-bond acceptors (Lipinski definition) is 4. The van der Waals surface area contributed by atoms with Gasteiger partial charge in [0.1, 0.15) is 0 Å². The predicted molar refractivity (Wildman–Crippen MR) is 45.6 cm³/mol. The number of alkyl halides is 2. The van der Waals surface area contributed by atoms with Crippen molar-refractivity contribution in [2.75, 3.05) is 13.1 Å². The monoisotopic (exact) mass is 231 g/mol. The largest absolute Gasteiger partial charge is 0.409 e. The second-order valence-corrected chi connectivity index (χ2v) is 4.23. The Morgan fingerprint density at radius 1 is 1.64 bits per heavy atom. The summed E-state index contributed by atoms with van der Waals surface area (Å²) in [5.41, 5.74) is 5.00. The van der Waals surface area contributed by atoms with Gasteiger partial charge in [-0.15, -0.1) is 0 Å². The van der Waals surface area contributed by atoms with E-state index in [0.717, 1.165) is 0 Å². The van der Waals surface area contributed by atoms with E-state index >= 15 is 0 Å². The Bertz CT molecular complexity index is 303. The van der Waals surface area contributed by atoms with E-state index in [9.17, 15) is 17.2 Å². The van der Waals surface area contributed by atoms with Crippen LogP contribution in [0.2, 0.25) is 0 Å². The van der Waals surface area contributed by atoms with Crippen molar-refractivity contribution in [2.24, 2.45) is 10.9 Å². The van der Waals surface area contributed by atoms with E-state index in [1.807, 2.05) is 0 Å². The maximum absolute atomic E-state index is 12.0. The van der Waals surface area contributed by atoms with E-state index in [-0.39, 0.29) is 6.54 Å². The summed E-state index contributed by atoms with van der Waals surface area (Å²) < 4.78 is 46.3. The first-order chi connectivity index (χ1) is 6.36. The Kier molecular flexibility index (Phi) is 4.71. The molecule has 0 aromatic heterocycles. The smallest absolute Gasteiger partial charge is 0.350 e. The van der Waals surface area contributed by atoms with Gasteiger partial charge >= 0.3 is 5.76 Å². The van der Waals surface area contributed by atoms with Crippen LogP contribution in [0.25, 0.3) is 0 Å². The summed E-state index contributed by atoms with van der Waals surface area (Å²) in [4.78, 5) is 0. The topological polar surface area (TPSA) is 96.0 Å². The molecule has 0 bridgehead atoms. The van der Waals surface area contributed by atoms with Gasteiger partial charge in [0.15, 0.2) is 5.84 Å². The van der Waals surface area contributed by atoms with E-state index in [1.165, 1.54) is 6.92 Å². The molecule has 0 amide bonds. The summed E-state index contributed by atoms with van der Waals surface area (Å²) in [5.74, 6) is -3.95. The second-order valence-electron chi connectivity index (χ2n) is 2.32. The van der Waals surface area contributed by atoms with Gasteiger partial charge in [0.05, 0.1) is 6.54 Å². The average molecular weight is 231 g/mol. The first kappa shape index (κ1) is 13.0. The van der Waals surface area contributed by atoms with Crippen LogP contribution in [-0.4, -0.2) is 42.6 Å². The minimum Gasteiger partial charge on any atom is -0.409 e. The fourth-order valence-electron chi connectivity index (χ4n) is 0.707. The van der Waals surface area contributed by atoms with Crippen LogP contribution in [0.3, 0.4) is 0 Å². The van der Waals surface area contributed by atoms with Crippen LogP contribution in [0.1, 0.15) is 6.92 Å². The van der Waals surface area contributed by atoms with Gasteiger partial charge in [-0.1, -0.05) is 12.1 Å². The third kappa shape index (κ3) is 3.07. The molecular formula is C5H11F2N3O3S. The van der Waals surface area contributed by atoms with E-state index in [0.29, 0.717) is 4.31 Å². The third-order valence-corrected chi connectivity index (χ3v) is 2.96. The molecule has 0 aromatic rings. The van der Waals surface area contributed by atoms with Crippen molar-refractivity contribution in [1.29, 1.82) is 0 Å². The fraction of sp³-hybridized carbons (Fsp3) is 0.800. The number of sulfonamides is 1. The standard InChI is InChI=1S/C5H11F2N3O3S/c1-2-10(3-4(8)9-11)14(12,13)5(6)7/h5,11H,2-3H2,1H3,(H2,8,9). The molecule has 84 valence electrons. The van der Waals surface area contributed by atoms with Gasteiger partial charge in [-0.05, 0) is 0 Å². The van der Waals surface area contributed by atoms with Crippen molar-refractivity contribution in [3.05, 3.63) is 0 Å². The zero-order valence-corrected chi connectivity index (χ0v) is 8.21. The average Bonchev–Trinajstić information content (AvgIpc) is 2.12. The predicted octanol–water partition coefficient (Wildman–Crippen LogP) is -0.393. The number of rotatable bonds is 5. The fourth-order valence-corrected chi connectivity index (χ4v) is 1.60. The minimum absolute atomic E-state index is 0.178. The minimum atomic E-state index is -4.67. The van der Waals surface area contributed by atoms with Crippen LogP contribution >= 0.6 is 0 Å². The lowest BCUT2D eigenvalue weighted by Crippen LogP contribution is -2.41. The Morgan fingerprint density at radius 2 is 2.14 bits per heavy atom. The maximum atomic E-state index is 12.0. The highest BCUT2D eigenvalue weighted by Crippen LogP contribution is 2.10. The highest BCUT2D eigenvalue weighted by atomic mass is 32.2. The molecule has 0 aliphatic carbocycles. The van der Waals surface area contributed by atoms with Crippen molar-refractivity contribution >= 4 is 15.9 Å². The summed E-state index contributed by atoms with van der Waals surface area (Å²) in [6, 6.07) is 0. The van der Waals surface area contributed by atoms with Gasteiger partial charge < -0.3 is 10.9 Å². The van der Waals surface area contributed by atoms with Crippen LogP contribution < -0.4 is 5.73 Å². The molecule has 0 spiro atoms. The van der Waals surface area contributed by atoms with Gasteiger partial charge in [0.25, 0.3) is 10.0 Å². The molecule has 0 heterocycles. The van der Waals surface area contributed by atoms with Crippen molar-refractivity contribution in [2.45, 2.75) is 12.7 Å². The van der Waals surface area contributed by atoms with Crippen molar-refractivity contribution in [3.63, 3.8) is 0 Å². The molecule has 0 saturated carbocycles. The van der Waals surface area contributed by atoms with Crippen LogP contribution in [0.5, 0.6) is 0 Å². The summed E-state index contributed by atoms with van der Waals surface area (Å²) >= 11 is 0. The molecular weight excluding hydrogens is 220 g/mol. The zero-order valence-electron chi connectivity index (χ0n) is 7.39. The lowest BCUT2D eigenvalue weighted by atomic mass is 10.6. The molecule has 0 unspecified atom stereocenters. The van der Waals surface area contributed by atoms with Crippen LogP contribution in [0, 0.1) is 0 Å². The summed E-state index contributed by atoms with van der Waals surface area (Å²) in [7, 11) is -4.67. The maximum Gasteiger partial charge on any atom is 0.350 e. The Morgan fingerprint density at radius 3 is 2.43 bits per heavy atom. The molecule has 0 aliphatic rings. The van der Waals surface area contributed by atoms with Gasteiger partial charge in [-0.3, -0.25) is 0 Å². The summed E-state index contributed by atoms with van der Waals surface area (Å²) in [5, 5.41) is 10.6. The van der Waals surface area contributed by atoms with Gasteiger partial charge in [-0.2, -0.15) is 13.1 Å². The number of hydrogen-bond donors (Lipinski definition) is 2. The highest BCUT2D eigenvalue weighted by molar-refractivity contribution is 7.89. The summed E-state index contributed by atoms with van der Waals surface area (Å²) in [6.45, 7) is 0.632. The molecule has 3 N–H and O–H groups in total. The lowest BCUT2D eigenvalue weighted by Gasteiger charge is -2.18. The molecule has 0 radical (unpaired) electrons. The van der Waals surface area contributed by atoms with Gasteiger partial charge in [0, 0.05) is 6.54 Å². The molecule has 0 aromatic carbocycles. The van der Waals surface area contributed by atoms with Crippen molar-refractivity contribution < 1.29 is 22.4 Å². The zero-order chi connectivity index (χ0) is 11.4. The molecule has 0 saturated heterocycles. The first-order valence-corrected chi connectivity index (χ1v) is 5.10. The van der Waals surface area contributed by atoms with Crippen molar-refractivity contribution in [1.82, 2.24) is 4.31 Å². The molecule has 0 aliphatic heterocycles. The molecule has 0 fully saturated rings. The third-order valence-electron chi connectivity index (χ3n) is 1.40.